The number of methoxy groups -OCH3 is 1. The smallest absolute Gasteiger partial charge is 0.354 e. The summed E-state index contributed by atoms with van der Waals surface area (Å²) in [6.45, 7) is 2.13. The second-order valence-electron chi connectivity index (χ2n) is 3.47. The Morgan fingerprint density at radius 1 is 1.28 bits per heavy atom. The number of carboxylic acid groups (broad SMARTS) is 1. The molecule has 0 unspecified atom stereocenters. The number of pyridine rings is 1. The third kappa shape index (κ3) is 5.22. The van der Waals surface area contributed by atoms with Gasteiger partial charge in [-0.15, -0.1) is 0 Å². The van der Waals surface area contributed by atoms with E-state index in [1.54, 1.807) is 19.2 Å². The van der Waals surface area contributed by atoms with Crippen molar-refractivity contribution >= 4 is 5.97 Å². The molecule has 18 heavy (non-hydrogen) atoms. The monoisotopic (exact) mass is 255 g/mol. The molecule has 0 aliphatic carbocycles. The lowest BCUT2D eigenvalue weighted by atomic mass is 10.2. The van der Waals surface area contributed by atoms with Gasteiger partial charge in [-0.3, -0.25) is 0 Å². The summed E-state index contributed by atoms with van der Waals surface area (Å²) in [4.78, 5) is 14.7. The van der Waals surface area contributed by atoms with Gasteiger partial charge in [0.25, 0.3) is 0 Å². The molecule has 1 rings (SSSR count). The van der Waals surface area contributed by atoms with Crippen molar-refractivity contribution < 1.29 is 24.1 Å². The van der Waals surface area contributed by atoms with E-state index in [1.165, 1.54) is 6.20 Å². The van der Waals surface area contributed by atoms with Crippen LogP contribution in [-0.4, -0.2) is 49.6 Å². The summed E-state index contributed by atoms with van der Waals surface area (Å²) >= 11 is 0. The van der Waals surface area contributed by atoms with E-state index in [1.807, 2.05) is 0 Å². The van der Waals surface area contributed by atoms with E-state index in [0.29, 0.717) is 32.0 Å². The Bertz CT molecular complexity index is 369. The highest BCUT2D eigenvalue weighted by Crippen LogP contribution is 2.06. The van der Waals surface area contributed by atoms with Gasteiger partial charge in [0, 0.05) is 18.9 Å². The molecule has 1 N–H and O–H groups in total. The van der Waals surface area contributed by atoms with Gasteiger partial charge in [-0.1, -0.05) is 6.07 Å². The zero-order chi connectivity index (χ0) is 13.2. The lowest BCUT2D eigenvalue weighted by molar-refractivity contribution is 0.0196. The number of nitrogens with zero attached hydrogens (tertiary/aromatic N) is 1. The van der Waals surface area contributed by atoms with Crippen molar-refractivity contribution in [3.8, 4) is 0 Å². The van der Waals surface area contributed by atoms with Crippen LogP contribution >= 0.6 is 0 Å². The number of carboxylic acids is 1. The van der Waals surface area contributed by atoms with Gasteiger partial charge in [-0.05, 0) is 6.07 Å². The average molecular weight is 255 g/mol. The highest BCUT2D eigenvalue weighted by Gasteiger charge is 2.10. The minimum Gasteiger partial charge on any atom is -0.477 e. The summed E-state index contributed by atoms with van der Waals surface area (Å²) in [7, 11) is 1.61. The second kappa shape index (κ2) is 8.57. The first-order valence-corrected chi connectivity index (χ1v) is 5.57. The Balaban J connectivity index is 2.25. The lowest BCUT2D eigenvalue weighted by Crippen LogP contribution is -2.10. The Labute approximate surface area is 106 Å². The SMILES string of the molecule is COCCOCCOCc1cccnc1C(=O)O. The molecule has 0 aliphatic heterocycles. The molecule has 0 aliphatic rings. The summed E-state index contributed by atoms with van der Waals surface area (Å²) in [5.74, 6) is -1.05. The highest BCUT2D eigenvalue weighted by molar-refractivity contribution is 5.86. The maximum absolute atomic E-state index is 10.9. The van der Waals surface area contributed by atoms with E-state index in [2.05, 4.69) is 4.98 Å². The van der Waals surface area contributed by atoms with Gasteiger partial charge in [0.15, 0.2) is 5.69 Å². The zero-order valence-corrected chi connectivity index (χ0v) is 10.3. The summed E-state index contributed by atoms with van der Waals surface area (Å²) in [5, 5.41) is 8.91. The molecule has 0 bridgehead atoms. The van der Waals surface area contributed by atoms with Gasteiger partial charge in [-0.2, -0.15) is 0 Å². The predicted octanol–water partition coefficient (Wildman–Crippen LogP) is 0.959. The van der Waals surface area contributed by atoms with E-state index in [9.17, 15) is 4.79 Å². The zero-order valence-electron chi connectivity index (χ0n) is 10.3. The molecule has 1 aromatic rings. The maximum atomic E-state index is 10.9. The maximum Gasteiger partial charge on any atom is 0.354 e. The van der Waals surface area contributed by atoms with Crippen LogP contribution in [0, 0.1) is 0 Å². The topological polar surface area (TPSA) is 77.9 Å². The molecule has 1 heterocycles. The summed E-state index contributed by atoms with van der Waals surface area (Å²) < 4.78 is 15.3. The van der Waals surface area contributed by atoms with Gasteiger partial charge in [0.05, 0.1) is 33.0 Å². The van der Waals surface area contributed by atoms with E-state index in [-0.39, 0.29) is 12.3 Å². The number of aromatic carboxylic acids is 1. The molecule has 6 nitrogen and oxygen atoms in total. The quantitative estimate of drug-likeness (QED) is 0.662. The van der Waals surface area contributed by atoms with Crippen molar-refractivity contribution in [3.63, 3.8) is 0 Å². The second-order valence-corrected chi connectivity index (χ2v) is 3.47. The van der Waals surface area contributed by atoms with Crippen LogP contribution in [0.2, 0.25) is 0 Å². The standard InChI is InChI=1S/C12H17NO5/c1-16-5-6-17-7-8-18-9-10-3-2-4-13-11(10)12(14)15/h2-4H,5-9H2,1H3,(H,14,15). The van der Waals surface area contributed by atoms with Gasteiger partial charge in [0.1, 0.15) is 0 Å². The van der Waals surface area contributed by atoms with Gasteiger partial charge in [-0.25, -0.2) is 9.78 Å². The fraction of sp³-hybridized carbons (Fsp3) is 0.500. The molecule has 6 heteroatoms. The molecule has 0 spiro atoms. The molecule has 100 valence electrons. The number of rotatable bonds is 9. The van der Waals surface area contributed by atoms with E-state index in [0.717, 1.165) is 0 Å². The molecule has 1 aromatic heterocycles. The molecule has 0 radical (unpaired) electrons. The van der Waals surface area contributed by atoms with Crippen molar-refractivity contribution in [1.82, 2.24) is 4.98 Å². The summed E-state index contributed by atoms with van der Waals surface area (Å²) in [6, 6.07) is 3.36. The molecular weight excluding hydrogens is 238 g/mol. The Kier molecular flexibility index (Phi) is 6.93. The molecule has 0 fully saturated rings. The first kappa shape index (κ1) is 14.6. The minimum absolute atomic E-state index is 0.0257. The van der Waals surface area contributed by atoms with Gasteiger partial charge in [0.2, 0.25) is 0 Å². The predicted molar refractivity (Wildman–Crippen MR) is 63.5 cm³/mol. The highest BCUT2D eigenvalue weighted by atomic mass is 16.5. The molecule has 0 atom stereocenters. The van der Waals surface area contributed by atoms with Crippen LogP contribution in [0.1, 0.15) is 16.1 Å². The van der Waals surface area contributed by atoms with Crippen molar-refractivity contribution in [2.24, 2.45) is 0 Å². The Morgan fingerprint density at radius 3 is 2.72 bits per heavy atom. The lowest BCUT2D eigenvalue weighted by Gasteiger charge is -2.07. The molecule has 0 saturated carbocycles. The third-order valence-corrected chi connectivity index (χ3v) is 2.16. The Hall–Kier alpha value is -1.50. The summed E-state index contributed by atoms with van der Waals surface area (Å²) in [6.07, 6.45) is 1.45. The Morgan fingerprint density at radius 2 is 2.00 bits per heavy atom. The van der Waals surface area contributed by atoms with Crippen molar-refractivity contribution in [3.05, 3.63) is 29.6 Å². The fourth-order valence-electron chi connectivity index (χ4n) is 1.29. The van der Waals surface area contributed by atoms with Crippen molar-refractivity contribution in [1.29, 1.82) is 0 Å². The average Bonchev–Trinajstić information content (AvgIpc) is 2.38. The summed E-state index contributed by atoms with van der Waals surface area (Å²) in [5.41, 5.74) is 0.583. The normalized spacial score (nSPS) is 10.5. The van der Waals surface area contributed by atoms with E-state index < -0.39 is 5.97 Å². The molecule has 0 amide bonds. The van der Waals surface area contributed by atoms with Gasteiger partial charge >= 0.3 is 5.97 Å². The van der Waals surface area contributed by atoms with Crippen LogP contribution in [-0.2, 0) is 20.8 Å². The molecule has 0 saturated heterocycles. The van der Waals surface area contributed by atoms with Crippen molar-refractivity contribution in [2.75, 3.05) is 33.5 Å². The number of aromatic nitrogens is 1. The van der Waals surface area contributed by atoms with E-state index >= 15 is 0 Å². The minimum atomic E-state index is -1.05. The van der Waals surface area contributed by atoms with Crippen LogP contribution < -0.4 is 0 Å². The fourth-order valence-corrected chi connectivity index (χ4v) is 1.29. The number of ether oxygens (including phenoxy) is 3. The third-order valence-electron chi connectivity index (χ3n) is 2.16. The number of hydrogen-bond acceptors (Lipinski definition) is 5. The van der Waals surface area contributed by atoms with Gasteiger partial charge < -0.3 is 19.3 Å². The first-order valence-electron chi connectivity index (χ1n) is 5.57. The number of carbonyl (C=O) groups is 1. The van der Waals surface area contributed by atoms with Crippen LogP contribution in [0.5, 0.6) is 0 Å². The molecular formula is C12H17NO5. The molecule has 0 aromatic carbocycles. The number of hydrogen-bond donors (Lipinski definition) is 1. The first-order chi connectivity index (χ1) is 8.75. The van der Waals surface area contributed by atoms with Crippen LogP contribution in [0.15, 0.2) is 18.3 Å². The largest absolute Gasteiger partial charge is 0.477 e. The van der Waals surface area contributed by atoms with Crippen molar-refractivity contribution in [2.45, 2.75) is 6.61 Å². The van der Waals surface area contributed by atoms with Crippen LogP contribution in [0.25, 0.3) is 0 Å². The van der Waals surface area contributed by atoms with Crippen LogP contribution in [0.3, 0.4) is 0 Å². The van der Waals surface area contributed by atoms with E-state index in [4.69, 9.17) is 19.3 Å². The van der Waals surface area contributed by atoms with Crippen LogP contribution in [0.4, 0.5) is 0 Å².